The maximum atomic E-state index is 11.2. The van der Waals surface area contributed by atoms with Crippen molar-refractivity contribution in [2.75, 3.05) is 13.2 Å². The van der Waals surface area contributed by atoms with Crippen LogP contribution in [-0.4, -0.2) is 78.7 Å². The third-order valence-corrected chi connectivity index (χ3v) is 8.22. The Morgan fingerprint density at radius 3 is 1.93 bits per heavy atom. The van der Waals surface area contributed by atoms with Gasteiger partial charge in [0.2, 0.25) is 0 Å². The van der Waals surface area contributed by atoms with Crippen molar-refractivity contribution in [1.82, 2.24) is 0 Å². The Labute approximate surface area is 260 Å². The molecule has 242 valence electrons. The van der Waals surface area contributed by atoms with E-state index in [1.54, 1.807) is 6.92 Å². The van der Waals surface area contributed by atoms with Crippen LogP contribution in [0.2, 0.25) is 0 Å². The Balaban J connectivity index is 1.39. The van der Waals surface area contributed by atoms with E-state index >= 15 is 0 Å². The lowest BCUT2D eigenvalue weighted by Crippen LogP contribution is -2.62. The smallest absolute Gasteiger partial charge is 0.186 e. The van der Waals surface area contributed by atoms with Gasteiger partial charge in [0.1, 0.15) is 24.4 Å². The van der Waals surface area contributed by atoms with Crippen molar-refractivity contribution >= 4 is 0 Å². The summed E-state index contributed by atoms with van der Waals surface area (Å²) in [5, 5.41) is 25.7. The Morgan fingerprint density at radius 1 is 0.705 bits per heavy atom. The molecular formula is C33H47N3O8. The number of benzene rings is 2. The Morgan fingerprint density at radius 2 is 1.30 bits per heavy atom. The first kappa shape index (κ1) is 34.3. The summed E-state index contributed by atoms with van der Waals surface area (Å²) in [5.74, 6) is -0.294. The first-order valence-electron chi connectivity index (χ1n) is 15.6. The van der Waals surface area contributed by atoms with Gasteiger partial charge in [0.15, 0.2) is 12.6 Å². The molecule has 0 bridgehead atoms. The van der Waals surface area contributed by atoms with E-state index in [9.17, 15) is 10.2 Å². The second-order valence-electron chi connectivity index (χ2n) is 11.6. The minimum atomic E-state index is -1.23. The fraction of sp³-hybridized carbons (Fsp3) is 0.636. The molecule has 0 spiro atoms. The number of hydrogen-bond acceptors (Lipinski definition) is 9. The van der Waals surface area contributed by atoms with Crippen LogP contribution in [0.25, 0.3) is 10.4 Å². The van der Waals surface area contributed by atoms with E-state index in [2.05, 4.69) is 10.0 Å². The molecule has 0 aromatic heterocycles. The summed E-state index contributed by atoms with van der Waals surface area (Å²) in [6.45, 7) is 7.28. The molecule has 11 nitrogen and oxygen atoms in total. The molecule has 2 aliphatic rings. The van der Waals surface area contributed by atoms with Crippen LogP contribution in [0.15, 0.2) is 65.8 Å². The number of nitrogens with zero attached hydrogens (tertiary/aromatic N) is 3. The number of hydrogen-bond donors (Lipinski definition) is 2. The van der Waals surface area contributed by atoms with Gasteiger partial charge in [-0.25, -0.2) is 0 Å². The number of aliphatic hydroxyl groups is 2. The topological polar surface area (TPSA) is 145 Å². The molecule has 0 amide bonds. The van der Waals surface area contributed by atoms with Gasteiger partial charge in [-0.2, -0.15) is 0 Å². The van der Waals surface area contributed by atoms with Gasteiger partial charge < -0.3 is 38.6 Å². The van der Waals surface area contributed by atoms with Gasteiger partial charge in [0.05, 0.1) is 31.5 Å². The molecular weight excluding hydrogens is 566 g/mol. The second kappa shape index (κ2) is 17.8. The maximum Gasteiger partial charge on any atom is 0.186 e. The SMILES string of the molecule is CC1OC(OCCCCCCN=[N+]=[N-])C(O)C(OC2OC(C)C(OCc3ccccc3)C(OCc3ccccc3)C2C)C1O. The van der Waals surface area contributed by atoms with Crippen LogP contribution in [0, 0.1) is 5.92 Å². The standard InChI is InChI=1S/C33H47N3O8/c1-22-29(40-20-25-14-8-6-9-15-25)30(41-21-26-16-10-7-11-17-26)24(3)43-32(22)44-31-27(37)23(2)42-33(28(31)38)39-19-13-5-4-12-18-35-36-34/h6-11,14-17,22-24,27-33,37-38H,4-5,12-13,18-21H2,1-3H3. The van der Waals surface area contributed by atoms with E-state index in [1.807, 2.05) is 74.5 Å². The second-order valence-corrected chi connectivity index (χ2v) is 11.6. The fourth-order valence-electron chi connectivity index (χ4n) is 5.63. The Bertz CT molecular complexity index is 1140. The molecule has 0 radical (unpaired) electrons. The number of unbranched alkanes of at least 4 members (excludes halogenated alkanes) is 3. The van der Waals surface area contributed by atoms with Crippen molar-refractivity contribution < 1.29 is 38.6 Å². The summed E-state index contributed by atoms with van der Waals surface area (Å²) in [6.07, 6.45) is -3.44. The van der Waals surface area contributed by atoms with Crippen molar-refractivity contribution in [3.05, 3.63) is 82.2 Å². The highest BCUT2D eigenvalue weighted by molar-refractivity contribution is 5.14. The average molecular weight is 614 g/mol. The lowest BCUT2D eigenvalue weighted by molar-refractivity contribution is -0.351. The van der Waals surface area contributed by atoms with Gasteiger partial charge in [-0.3, -0.25) is 0 Å². The van der Waals surface area contributed by atoms with E-state index in [4.69, 9.17) is 34.0 Å². The number of aliphatic hydroxyl groups excluding tert-OH is 2. The van der Waals surface area contributed by atoms with Crippen LogP contribution >= 0.6 is 0 Å². The molecule has 10 unspecified atom stereocenters. The Kier molecular flexibility index (Phi) is 13.9. The molecule has 2 aromatic rings. The quantitative estimate of drug-likeness (QED) is 0.113. The molecule has 11 heteroatoms. The third kappa shape index (κ3) is 9.71. The van der Waals surface area contributed by atoms with E-state index in [0.29, 0.717) is 26.4 Å². The molecule has 2 aromatic carbocycles. The van der Waals surface area contributed by atoms with E-state index in [1.165, 1.54) is 0 Å². The lowest BCUT2D eigenvalue weighted by atomic mass is 9.91. The minimum absolute atomic E-state index is 0.294. The highest BCUT2D eigenvalue weighted by atomic mass is 16.7. The summed E-state index contributed by atoms with van der Waals surface area (Å²) < 4.78 is 37.3. The van der Waals surface area contributed by atoms with Crippen LogP contribution < -0.4 is 0 Å². The highest BCUT2D eigenvalue weighted by Gasteiger charge is 2.50. The predicted octanol–water partition coefficient (Wildman–Crippen LogP) is 5.28. The average Bonchev–Trinajstić information content (AvgIpc) is 3.04. The zero-order chi connectivity index (χ0) is 31.3. The molecule has 0 saturated carbocycles. The van der Waals surface area contributed by atoms with Gasteiger partial charge in [-0.15, -0.1) is 0 Å². The number of azide groups is 1. The molecule has 2 fully saturated rings. The van der Waals surface area contributed by atoms with E-state index < -0.39 is 43.1 Å². The summed E-state index contributed by atoms with van der Waals surface area (Å²) >= 11 is 0. The maximum absolute atomic E-state index is 11.2. The van der Waals surface area contributed by atoms with Crippen LogP contribution in [-0.2, 0) is 41.6 Å². The van der Waals surface area contributed by atoms with Gasteiger partial charge in [-0.1, -0.05) is 85.5 Å². The monoisotopic (exact) mass is 613 g/mol. The first-order valence-corrected chi connectivity index (χ1v) is 15.6. The van der Waals surface area contributed by atoms with Crippen LogP contribution in [0.4, 0.5) is 0 Å². The van der Waals surface area contributed by atoms with Crippen molar-refractivity contribution in [2.45, 2.75) is 115 Å². The lowest BCUT2D eigenvalue weighted by Gasteiger charge is -2.47. The summed E-state index contributed by atoms with van der Waals surface area (Å²) in [5.41, 5.74) is 10.5. The van der Waals surface area contributed by atoms with Gasteiger partial charge in [-0.05, 0) is 43.3 Å². The molecule has 2 aliphatic heterocycles. The normalized spacial score (nSPS) is 32.2. The van der Waals surface area contributed by atoms with Gasteiger partial charge in [0.25, 0.3) is 0 Å². The van der Waals surface area contributed by atoms with Crippen molar-refractivity contribution in [3.8, 4) is 0 Å². The fourth-order valence-corrected chi connectivity index (χ4v) is 5.63. The largest absolute Gasteiger partial charge is 0.388 e. The van der Waals surface area contributed by atoms with Crippen molar-refractivity contribution in [2.24, 2.45) is 11.0 Å². The predicted molar refractivity (Wildman–Crippen MR) is 163 cm³/mol. The highest BCUT2D eigenvalue weighted by Crippen LogP contribution is 2.35. The zero-order valence-corrected chi connectivity index (χ0v) is 25.9. The molecule has 44 heavy (non-hydrogen) atoms. The van der Waals surface area contributed by atoms with Crippen LogP contribution in [0.3, 0.4) is 0 Å². The summed E-state index contributed by atoms with van der Waals surface area (Å²) in [7, 11) is 0. The van der Waals surface area contributed by atoms with E-state index in [0.717, 1.165) is 36.8 Å². The van der Waals surface area contributed by atoms with Crippen LogP contribution in [0.5, 0.6) is 0 Å². The van der Waals surface area contributed by atoms with Gasteiger partial charge >= 0.3 is 0 Å². The minimum Gasteiger partial charge on any atom is -0.388 e. The molecule has 0 aliphatic carbocycles. The van der Waals surface area contributed by atoms with Crippen molar-refractivity contribution in [3.63, 3.8) is 0 Å². The molecule has 2 N–H and O–H groups in total. The van der Waals surface area contributed by atoms with E-state index in [-0.39, 0.29) is 18.1 Å². The third-order valence-electron chi connectivity index (χ3n) is 8.22. The zero-order valence-electron chi connectivity index (χ0n) is 25.9. The molecule has 4 rings (SSSR count). The van der Waals surface area contributed by atoms with Crippen molar-refractivity contribution in [1.29, 1.82) is 0 Å². The molecule has 10 atom stereocenters. The summed E-state index contributed by atoms with van der Waals surface area (Å²) in [4.78, 5) is 2.76. The van der Waals surface area contributed by atoms with Gasteiger partial charge in [0, 0.05) is 24.0 Å². The summed E-state index contributed by atoms with van der Waals surface area (Å²) in [6, 6.07) is 19.9. The molecule has 2 saturated heterocycles. The first-order chi connectivity index (χ1) is 21.4. The van der Waals surface area contributed by atoms with Crippen LogP contribution in [0.1, 0.15) is 57.6 Å². The molecule has 2 heterocycles. The number of ether oxygens (including phenoxy) is 6. The number of rotatable bonds is 16. The Hall–Kier alpha value is -2.57.